The maximum atomic E-state index is 11.3. The van der Waals surface area contributed by atoms with Gasteiger partial charge in [-0.2, -0.15) is 0 Å². The van der Waals surface area contributed by atoms with Crippen molar-refractivity contribution >= 4 is 29.5 Å². The first-order chi connectivity index (χ1) is 5.19. The Bertz CT molecular complexity index is 153. The van der Waals surface area contributed by atoms with Gasteiger partial charge in [0.1, 0.15) is 4.75 Å². The number of ether oxygens (including phenoxy) is 1. The van der Waals surface area contributed by atoms with Crippen molar-refractivity contribution in [1.29, 1.82) is 0 Å². The highest BCUT2D eigenvalue weighted by Crippen LogP contribution is 2.40. The lowest BCUT2D eigenvalue weighted by Gasteiger charge is -2.18. The van der Waals surface area contributed by atoms with E-state index < -0.39 is 0 Å². The summed E-state index contributed by atoms with van der Waals surface area (Å²) in [4.78, 5) is 11.3. The Morgan fingerprint density at radius 2 is 2.45 bits per heavy atom. The van der Waals surface area contributed by atoms with Gasteiger partial charge in [0.15, 0.2) is 0 Å². The quantitative estimate of drug-likeness (QED) is 0.623. The molecule has 1 atom stereocenters. The summed E-state index contributed by atoms with van der Waals surface area (Å²) in [5.41, 5.74) is 0. The van der Waals surface area contributed by atoms with E-state index in [1.165, 1.54) is 0 Å². The summed E-state index contributed by atoms with van der Waals surface area (Å²) in [6.07, 6.45) is 0. The zero-order valence-electron chi connectivity index (χ0n) is 6.75. The molecule has 0 aromatic heterocycles. The Balaban J connectivity index is 2.49. The first kappa shape index (κ1) is 9.26. The zero-order chi connectivity index (χ0) is 8.32. The van der Waals surface area contributed by atoms with E-state index in [2.05, 4.69) is 0 Å². The minimum atomic E-state index is -0.277. The van der Waals surface area contributed by atoms with Crippen LogP contribution in [0, 0.1) is 0 Å². The molecule has 0 aromatic rings. The van der Waals surface area contributed by atoms with Crippen LogP contribution >= 0.6 is 23.5 Å². The average molecular weight is 192 g/mol. The van der Waals surface area contributed by atoms with Crippen LogP contribution in [0.3, 0.4) is 0 Å². The SMILES string of the molecule is CCOC(=O)C1(C)CSCS1. The molecule has 0 spiro atoms. The van der Waals surface area contributed by atoms with E-state index in [9.17, 15) is 4.79 Å². The van der Waals surface area contributed by atoms with Crippen LogP contribution in [0.15, 0.2) is 0 Å². The highest BCUT2D eigenvalue weighted by molar-refractivity contribution is 8.20. The molecule has 1 aliphatic heterocycles. The third kappa shape index (κ3) is 2.06. The molecule has 1 heterocycles. The van der Waals surface area contributed by atoms with E-state index >= 15 is 0 Å². The third-order valence-corrected chi connectivity index (χ3v) is 4.60. The van der Waals surface area contributed by atoms with Crippen LogP contribution in [0.1, 0.15) is 13.8 Å². The van der Waals surface area contributed by atoms with Crippen LogP contribution in [0.5, 0.6) is 0 Å². The monoisotopic (exact) mass is 192 g/mol. The van der Waals surface area contributed by atoms with Gasteiger partial charge in [0, 0.05) is 10.8 Å². The van der Waals surface area contributed by atoms with Crippen molar-refractivity contribution in [3.63, 3.8) is 0 Å². The van der Waals surface area contributed by atoms with E-state index in [4.69, 9.17) is 4.74 Å². The predicted molar refractivity (Wildman–Crippen MR) is 50.0 cm³/mol. The Hall–Kier alpha value is 0.170. The molecule has 0 radical (unpaired) electrons. The van der Waals surface area contributed by atoms with Gasteiger partial charge in [0.25, 0.3) is 0 Å². The summed E-state index contributed by atoms with van der Waals surface area (Å²) in [5, 5.41) is 1.01. The van der Waals surface area contributed by atoms with Crippen LogP contribution in [-0.4, -0.2) is 28.2 Å². The van der Waals surface area contributed by atoms with Crippen LogP contribution in [0.4, 0.5) is 0 Å². The van der Waals surface area contributed by atoms with Crippen molar-refractivity contribution in [1.82, 2.24) is 0 Å². The molecule has 11 heavy (non-hydrogen) atoms. The van der Waals surface area contributed by atoms with E-state index in [1.54, 1.807) is 23.5 Å². The van der Waals surface area contributed by atoms with Crippen molar-refractivity contribution in [3.8, 4) is 0 Å². The minimum Gasteiger partial charge on any atom is -0.465 e. The van der Waals surface area contributed by atoms with Gasteiger partial charge in [-0.1, -0.05) is 0 Å². The second-order valence-corrected chi connectivity index (χ2v) is 5.39. The number of rotatable bonds is 2. The second kappa shape index (κ2) is 3.72. The Morgan fingerprint density at radius 1 is 1.73 bits per heavy atom. The summed E-state index contributed by atoms with van der Waals surface area (Å²) in [6.45, 7) is 4.28. The molecule has 4 heteroatoms. The first-order valence-corrected chi connectivity index (χ1v) is 5.72. The largest absolute Gasteiger partial charge is 0.465 e. The highest BCUT2D eigenvalue weighted by Gasteiger charge is 2.39. The van der Waals surface area contributed by atoms with E-state index in [1.807, 2.05) is 13.8 Å². The lowest BCUT2D eigenvalue weighted by Crippen LogP contribution is -2.33. The molecule has 1 unspecified atom stereocenters. The summed E-state index contributed by atoms with van der Waals surface area (Å²) in [5.74, 6) is 0.825. The fourth-order valence-electron chi connectivity index (χ4n) is 0.851. The first-order valence-electron chi connectivity index (χ1n) is 3.58. The summed E-state index contributed by atoms with van der Waals surface area (Å²) >= 11 is 3.48. The van der Waals surface area contributed by atoms with Gasteiger partial charge >= 0.3 is 5.97 Å². The Morgan fingerprint density at radius 3 is 2.91 bits per heavy atom. The number of thioether (sulfide) groups is 2. The van der Waals surface area contributed by atoms with Gasteiger partial charge in [0.2, 0.25) is 0 Å². The predicted octanol–water partition coefficient (Wildman–Crippen LogP) is 1.75. The molecule has 1 rings (SSSR count). The van der Waals surface area contributed by atoms with Crippen LogP contribution in [0.25, 0.3) is 0 Å². The lowest BCUT2D eigenvalue weighted by molar-refractivity contribution is -0.144. The Labute approximate surface area is 75.4 Å². The van der Waals surface area contributed by atoms with Gasteiger partial charge < -0.3 is 4.74 Å². The minimum absolute atomic E-state index is 0.0602. The van der Waals surface area contributed by atoms with E-state index in [-0.39, 0.29) is 10.7 Å². The summed E-state index contributed by atoms with van der Waals surface area (Å²) in [7, 11) is 0. The number of hydrogen-bond donors (Lipinski definition) is 0. The molecule has 0 saturated carbocycles. The van der Waals surface area contributed by atoms with E-state index in [0.717, 1.165) is 10.8 Å². The fraction of sp³-hybridized carbons (Fsp3) is 0.857. The average Bonchev–Trinajstić information content (AvgIpc) is 2.38. The standard InChI is InChI=1S/C7H12O2S2/c1-3-9-6(8)7(2)4-10-5-11-7/h3-5H2,1-2H3. The molecule has 0 N–H and O–H groups in total. The third-order valence-electron chi connectivity index (χ3n) is 1.55. The van der Waals surface area contributed by atoms with Crippen LogP contribution < -0.4 is 0 Å². The Kier molecular flexibility index (Phi) is 3.13. The smallest absolute Gasteiger partial charge is 0.322 e. The molecule has 1 fully saturated rings. The zero-order valence-corrected chi connectivity index (χ0v) is 8.39. The van der Waals surface area contributed by atoms with Gasteiger partial charge in [-0.15, -0.1) is 23.5 Å². The van der Waals surface area contributed by atoms with Gasteiger partial charge in [-0.25, -0.2) is 0 Å². The second-order valence-electron chi connectivity index (χ2n) is 2.56. The fourth-order valence-corrected chi connectivity index (χ4v) is 3.83. The topological polar surface area (TPSA) is 26.3 Å². The lowest BCUT2D eigenvalue weighted by atomic mass is 10.2. The van der Waals surface area contributed by atoms with Gasteiger partial charge in [-0.3, -0.25) is 4.79 Å². The van der Waals surface area contributed by atoms with E-state index in [0.29, 0.717) is 6.61 Å². The number of esters is 1. The number of carbonyl (C=O) groups excluding carboxylic acids is 1. The maximum Gasteiger partial charge on any atom is 0.322 e. The van der Waals surface area contributed by atoms with Crippen molar-refractivity contribution in [2.24, 2.45) is 0 Å². The molecule has 2 nitrogen and oxygen atoms in total. The summed E-state index contributed by atoms with van der Waals surface area (Å²) in [6, 6.07) is 0. The van der Waals surface area contributed by atoms with Crippen molar-refractivity contribution in [3.05, 3.63) is 0 Å². The normalized spacial score (nSPS) is 30.4. The molecular formula is C7H12O2S2. The number of carbonyl (C=O) groups is 1. The molecule has 1 aliphatic rings. The van der Waals surface area contributed by atoms with Crippen molar-refractivity contribution < 1.29 is 9.53 Å². The highest BCUT2D eigenvalue weighted by atomic mass is 32.2. The van der Waals surface area contributed by atoms with Crippen LogP contribution in [0.2, 0.25) is 0 Å². The molecule has 0 bridgehead atoms. The molecular weight excluding hydrogens is 180 g/mol. The maximum absolute atomic E-state index is 11.3. The van der Waals surface area contributed by atoms with Crippen molar-refractivity contribution in [2.45, 2.75) is 18.6 Å². The molecule has 64 valence electrons. The molecule has 1 saturated heterocycles. The molecule has 0 aliphatic carbocycles. The van der Waals surface area contributed by atoms with Gasteiger partial charge in [-0.05, 0) is 13.8 Å². The molecule has 0 aromatic carbocycles. The summed E-state index contributed by atoms with van der Waals surface area (Å²) < 4.78 is 4.68. The van der Waals surface area contributed by atoms with Gasteiger partial charge in [0.05, 0.1) is 6.61 Å². The number of hydrogen-bond acceptors (Lipinski definition) is 4. The van der Waals surface area contributed by atoms with Crippen LogP contribution in [-0.2, 0) is 9.53 Å². The van der Waals surface area contributed by atoms with Crippen molar-refractivity contribution in [2.75, 3.05) is 17.4 Å². The molecule has 0 amide bonds.